The Balaban J connectivity index is 2.40. The van der Waals surface area contributed by atoms with Gasteiger partial charge in [-0.25, -0.2) is 4.79 Å². The van der Waals surface area contributed by atoms with Crippen molar-refractivity contribution < 1.29 is 0 Å². The summed E-state index contributed by atoms with van der Waals surface area (Å²) < 4.78 is 3.25. The lowest BCUT2D eigenvalue weighted by Gasteiger charge is -2.10. The van der Waals surface area contributed by atoms with Crippen LogP contribution in [0.1, 0.15) is 30.9 Å². The van der Waals surface area contributed by atoms with Crippen molar-refractivity contribution >= 4 is 22.6 Å². The fourth-order valence-corrected chi connectivity index (χ4v) is 2.73. The first-order valence-electron chi connectivity index (χ1n) is 6.45. The average Bonchev–Trinajstić information content (AvgIpc) is 2.42. The van der Waals surface area contributed by atoms with Crippen LogP contribution in [0.5, 0.6) is 0 Å². The van der Waals surface area contributed by atoms with Crippen LogP contribution in [0.2, 0.25) is 0 Å². The molecule has 0 fully saturated rings. The molecule has 1 aromatic heterocycles. The molecule has 0 saturated carbocycles. The van der Waals surface area contributed by atoms with Crippen LogP contribution in [0, 0.1) is 3.57 Å². The summed E-state index contributed by atoms with van der Waals surface area (Å²) in [5, 5.41) is 0. The van der Waals surface area contributed by atoms with Gasteiger partial charge in [0.05, 0.1) is 10.1 Å². The number of nitrogens with zero attached hydrogens (tertiary/aromatic N) is 2. The molecule has 1 heterocycles. The van der Waals surface area contributed by atoms with Crippen molar-refractivity contribution in [1.29, 1.82) is 0 Å². The molecule has 5 heteroatoms. The Hall–Kier alpha value is -1.37. The zero-order chi connectivity index (χ0) is 14.9. The Morgan fingerprint density at radius 2 is 1.75 bits per heavy atom. The van der Waals surface area contributed by atoms with E-state index in [-0.39, 0.29) is 11.2 Å². The van der Waals surface area contributed by atoms with Crippen LogP contribution in [0.4, 0.5) is 0 Å². The van der Waals surface area contributed by atoms with Gasteiger partial charge in [0.1, 0.15) is 0 Å². The monoisotopic (exact) mass is 384 g/mol. The quantitative estimate of drug-likeness (QED) is 0.763. The molecule has 0 amide bonds. The van der Waals surface area contributed by atoms with Gasteiger partial charge < -0.3 is 4.57 Å². The number of hydrogen-bond acceptors (Lipinski definition) is 2. The van der Waals surface area contributed by atoms with Crippen molar-refractivity contribution in [2.24, 2.45) is 7.05 Å². The van der Waals surface area contributed by atoms with Crippen LogP contribution in [0.15, 0.2) is 40.1 Å². The third-order valence-electron chi connectivity index (χ3n) is 3.28. The molecule has 0 atom stereocenters. The van der Waals surface area contributed by atoms with Gasteiger partial charge in [-0.15, -0.1) is 0 Å². The van der Waals surface area contributed by atoms with E-state index in [4.69, 9.17) is 0 Å². The molecular formula is C15H17IN2O2. The molecule has 0 N–H and O–H groups in total. The van der Waals surface area contributed by atoms with Gasteiger partial charge in [0, 0.05) is 13.2 Å². The molecule has 2 rings (SSSR count). The number of halogens is 1. The predicted octanol–water partition coefficient (Wildman–Crippen LogP) is 2.32. The SMILES string of the molecule is CC(C)c1ccc(Cn2c(=O)c(I)cn(C)c2=O)cc1. The number of aromatic nitrogens is 2. The van der Waals surface area contributed by atoms with E-state index < -0.39 is 0 Å². The normalized spacial score (nSPS) is 11.1. The summed E-state index contributed by atoms with van der Waals surface area (Å²) in [5.41, 5.74) is 1.68. The molecule has 2 aromatic rings. The van der Waals surface area contributed by atoms with Gasteiger partial charge in [0.15, 0.2) is 0 Å². The summed E-state index contributed by atoms with van der Waals surface area (Å²) in [5.74, 6) is 0.470. The van der Waals surface area contributed by atoms with Gasteiger partial charge in [0.25, 0.3) is 5.56 Å². The van der Waals surface area contributed by atoms with Crippen LogP contribution < -0.4 is 11.2 Å². The highest BCUT2D eigenvalue weighted by atomic mass is 127. The van der Waals surface area contributed by atoms with Gasteiger partial charge in [-0.1, -0.05) is 38.1 Å². The molecule has 4 nitrogen and oxygen atoms in total. The van der Waals surface area contributed by atoms with Crippen molar-refractivity contribution in [2.75, 3.05) is 0 Å². The van der Waals surface area contributed by atoms with Crippen molar-refractivity contribution in [3.8, 4) is 0 Å². The third kappa shape index (κ3) is 3.03. The maximum Gasteiger partial charge on any atom is 0.331 e. The number of aryl methyl sites for hydroxylation is 1. The van der Waals surface area contributed by atoms with Crippen molar-refractivity contribution in [1.82, 2.24) is 9.13 Å². The number of benzene rings is 1. The zero-order valence-electron chi connectivity index (χ0n) is 11.8. The van der Waals surface area contributed by atoms with Crippen LogP contribution in [0.3, 0.4) is 0 Å². The Kier molecular flexibility index (Phi) is 4.47. The summed E-state index contributed by atoms with van der Waals surface area (Å²) >= 11 is 1.96. The highest BCUT2D eigenvalue weighted by Crippen LogP contribution is 2.14. The van der Waals surface area contributed by atoms with Crippen LogP contribution in [0.25, 0.3) is 0 Å². The van der Waals surface area contributed by atoms with Gasteiger partial charge in [-0.05, 0) is 39.6 Å². The summed E-state index contributed by atoms with van der Waals surface area (Å²) in [7, 11) is 1.66. The second-order valence-corrected chi connectivity index (χ2v) is 6.32. The smallest absolute Gasteiger partial charge is 0.302 e. The molecule has 0 saturated heterocycles. The molecule has 0 unspecified atom stereocenters. The van der Waals surface area contributed by atoms with E-state index in [0.717, 1.165) is 5.56 Å². The molecule has 0 radical (unpaired) electrons. The van der Waals surface area contributed by atoms with E-state index >= 15 is 0 Å². The minimum absolute atomic E-state index is 0.235. The third-order valence-corrected chi connectivity index (χ3v) is 4.02. The lowest BCUT2D eigenvalue weighted by Crippen LogP contribution is -2.40. The molecule has 0 aliphatic heterocycles. The summed E-state index contributed by atoms with van der Waals surface area (Å²) in [4.78, 5) is 24.1. The fourth-order valence-electron chi connectivity index (χ4n) is 2.02. The Morgan fingerprint density at radius 3 is 2.30 bits per heavy atom. The molecular weight excluding hydrogens is 367 g/mol. The topological polar surface area (TPSA) is 44.0 Å². The van der Waals surface area contributed by atoms with Gasteiger partial charge >= 0.3 is 5.69 Å². The highest BCUT2D eigenvalue weighted by molar-refractivity contribution is 14.1. The Bertz CT molecular complexity index is 693. The average molecular weight is 384 g/mol. The van der Waals surface area contributed by atoms with Gasteiger partial charge in [-0.3, -0.25) is 9.36 Å². The minimum Gasteiger partial charge on any atom is -0.302 e. The molecule has 20 heavy (non-hydrogen) atoms. The Morgan fingerprint density at radius 1 is 1.15 bits per heavy atom. The van der Waals surface area contributed by atoms with Crippen LogP contribution in [-0.4, -0.2) is 9.13 Å². The molecule has 1 aromatic carbocycles. The molecule has 0 aliphatic rings. The summed E-state index contributed by atoms with van der Waals surface area (Å²) in [6.07, 6.45) is 1.56. The van der Waals surface area contributed by atoms with E-state index in [9.17, 15) is 9.59 Å². The minimum atomic E-state index is -0.289. The second kappa shape index (κ2) is 5.95. The van der Waals surface area contributed by atoms with Crippen molar-refractivity contribution in [3.05, 3.63) is 66.0 Å². The first-order chi connectivity index (χ1) is 9.40. The first kappa shape index (κ1) is 15.0. The van der Waals surface area contributed by atoms with Gasteiger partial charge in [0.2, 0.25) is 0 Å². The Labute approximate surface area is 131 Å². The molecule has 0 spiro atoms. The predicted molar refractivity (Wildman–Crippen MR) is 88.3 cm³/mol. The molecule has 106 valence electrons. The van der Waals surface area contributed by atoms with Crippen LogP contribution in [-0.2, 0) is 13.6 Å². The van der Waals surface area contributed by atoms with E-state index in [1.165, 1.54) is 14.7 Å². The maximum absolute atomic E-state index is 12.1. The van der Waals surface area contributed by atoms with Crippen molar-refractivity contribution in [2.45, 2.75) is 26.3 Å². The van der Waals surface area contributed by atoms with E-state index in [1.807, 2.05) is 46.9 Å². The van der Waals surface area contributed by atoms with E-state index in [1.54, 1.807) is 13.2 Å². The number of rotatable bonds is 3. The van der Waals surface area contributed by atoms with E-state index in [0.29, 0.717) is 16.0 Å². The molecule has 0 aliphatic carbocycles. The maximum atomic E-state index is 12.1. The van der Waals surface area contributed by atoms with Crippen LogP contribution >= 0.6 is 22.6 Å². The standard InChI is InChI=1S/C15H17IN2O2/c1-10(2)12-6-4-11(5-7-12)8-18-14(19)13(16)9-17(3)15(18)20/h4-7,9-10H,8H2,1-3H3. The number of hydrogen-bond donors (Lipinski definition) is 0. The van der Waals surface area contributed by atoms with E-state index in [2.05, 4.69) is 13.8 Å². The highest BCUT2D eigenvalue weighted by Gasteiger charge is 2.08. The first-order valence-corrected chi connectivity index (χ1v) is 7.53. The van der Waals surface area contributed by atoms with Gasteiger partial charge in [-0.2, -0.15) is 0 Å². The fraction of sp³-hybridized carbons (Fsp3) is 0.333. The largest absolute Gasteiger partial charge is 0.331 e. The van der Waals surface area contributed by atoms with Crippen molar-refractivity contribution in [3.63, 3.8) is 0 Å². The summed E-state index contributed by atoms with van der Waals surface area (Å²) in [6.45, 7) is 4.57. The lowest BCUT2D eigenvalue weighted by atomic mass is 10.0. The second-order valence-electron chi connectivity index (χ2n) is 5.16. The summed E-state index contributed by atoms with van der Waals surface area (Å²) in [6, 6.07) is 8.04. The molecule has 0 bridgehead atoms. The lowest BCUT2D eigenvalue weighted by molar-refractivity contribution is 0.633. The zero-order valence-corrected chi connectivity index (χ0v) is 13.9.